The average Bonchev–Trinajstić information content (AvgIpc) is 3.63. The van der Waals surface area contributed by atoms with Gasteiger partial charge in [0.1, 0.15) is 6.10 Å². The molecule has 2 saturated carbocycles. The lowest BCUT2D eigenvalue weighted by Crippen LogP contribution is -2.78. The van der Waals surface area contributed by atoms with Gasteiger partial charge in [-0.2, -0.15) is 13.2 Å². The number of piperidine rings is 1. The van der Waals surface area contributed by atoms with Crippen LogP contribution in [0, 0.1) is 5.92 Å². The van der Waals surface area contributed by atoms with E-state index in [4.69, 9.17) is 4.74 Å². The number of benzene rings is 2. The Bertz CT molecular complexity index is 1350. The molecule has 1 saturated heterocycles. The number of phenolic OH excluding ortho intramolecular Hbond substituents is 1. The highest BCUT2D eigenvalue weighted by atomic mass is 35.5. The summed E-state index contributed by atoms with van der Waals surface area (Å²) < 4.78 is 46.2. The number of ether oxygens (including phenoxy) is 1. The second-order valence-corrected chi connectivity index (χ2v) is 12.3. The largest absolute Gasteiger partial charge is 0.504 e. The predicted octanol–water partition coefficient (Wildman–Crippen LogP) is 4.47. The van der Waals surface area contributed by atoms with E-state index in [9.17, 15) is 28.2 Å². The molecule has 5 aliphatic rings. The Labute approximate surface area is 237 Å². The normalized spacial score (nSPS) is 32.1. The van der Waals surface area contributed by atoms with Crippen LogP contribution in [0.2, 0.25) is 0 Å². The van der Waals surface area contributed by atoms with E-state index >= 15 is 0 Å². The zero-order valence-corrected chi connectivity index (χ0v) is 23.1. The van der Waals surface area contributed by atoms with Crippen molar-refractivity contribution in [1.29, 1.82) is 0 Å². The molecule has 0 radical (unpaired) electrons. The number of amides is 1. The summed E-state index contributed by atoms with van der Waals surface area (Å²) in [6, 6.07) is 8.03. The summed E-state index contributed by atoms with van der Waals surface area (Å²) in [5, 5.41) is 23.4. The molecule has 0 aromatic heterocycles. The van der Waals surface area contributed by atoms with Crippen molar-refractivity contribution in [2.45, 2.75) is 80.3 Å². The Hall–Kier alpha value is -2.49. The Morgan fingerprint density at radius 1 is 1.18 bits per heavy atom. The Morgan fingerprint density at radius 2 is 1.95 bits per heavy atom. The molecule has 7 rings (SSSR count). The van der Waals surface area contributed by atoms with Gasteiger partial charge < -0.3 is 19.8 Å². The van der Waals surface area contributed by atoms with E-state index in [2.05, 4.69) is 4.90 Å². The van der Waals surface area contributed by atoms with Crippen molar-refractivity contribution in [2.75, 3.05) is 20.1 Å². The molecule has 6 nitrogen and oxygen atoms in total. The number of aromatic hydroxyl groups is 1. The highest BCUT2D eigenvalue weighted by molar-refractivity contribution is 5.85. The first kappa shape index (κ1) is 27.7. The summed E-state index contributed by atoms with van der Waals surface area (Å²) in [5.41, 5.74) is -0.319. The standard InChI is InChI=1S/C30H33F3N2O4.ClH/c1-34(24(37)14-18-3-2-4-20(13-18)30(31,32)33)21-9-10-29(38)23-15-19-7-8-22(36)26-25(19)28(29,27(21)39-26)11-12-35(23)16-17-5-6-17;/h2-4,7-8,13,17,21,23,27,36,38H,5-6,9-12,14-16H2,1H3;1H/t21-,23+,27-,28-,29+;/m0./s1. The Morgan fingerprint density at radius 3 is 2.67 bits per heavy atom. The molecule has 0 unspecified atom stereocenters. The summed E-state index contributed by atoms with van der Waals surface area (Å²) in [4.78, 5) is 17.5. The van der Waals surface area contributed by atoms with Gasteiger partial charge in [-0.15, -0.1) is 12.4 Å². The van der Waals surface area contributed by atoms with Crippen LogP contribution >= 0.6 is 12.4 Å². The molecule has 216 valence electrons. The molecule has 3 aliphatic carbocycles. The second kappa shape index (κ2) is 9.26. The van der Waals surface area contributed by atoms with Crippen LogP contribution in [0.25, 0.3) is 0 Å². The average molecular weight is 579 g/mol. The lowest BCUT2D eigenvalue weighted by atomic mass is 9.48. The van der Waals surface area contributed by atoms with Crippen LogP contribution in [-0.4, -0.2) is 69.8 Å². The molecule has 1 amide bonds. The van der Waals surface area contributed by atoms with Crippen molar-refractivity contribution in [1.82, 2.24) is 9.80 Å². The minimum absolute atomic E-state index is 0. The van der Waals surface area contributed by atoms with Gasteiger partial charge in [0, 0.05) is 25.2 Å². The van der Waals surface area contributed by atoms with Gasteiger partial charge in [0.2, 0.25) is 5.91 Å². The summed E-state index contributed by atoms with van der Waals surface area (Å²) in [6.45, 7) is 1.79. The molecular weight excluding hydrogens is 545 g/mol. The molecule has 5 atom stereocenters. The third-order valence-corrected chi connectivity index (χ3v) is 10.2. The molecule has 2 bridgehead atoms. The number of phenols is 1. The molecule has 3 fully saturated rings. The van der Waals surface area contributed by atoms with Crippen molar-refractivity contribution >= 4 is 18.3 Å². The summed E-state index contributed by atoms with van der Waals surface area (Å²) >= 11 is 0. The van der Waals surface area contributed by atoms with Gasteiger partial charge in [-0.25, -0.2) is 0 Å². The van der Waals surface area contributed by atoms with Crippen molar-refractivity contribution in [2.24, 2.45) is 5.92 Å². The van der Waals surface area contributed by atoms with E-state index in [-0.39, 0.29) is 36.5 Å². The number of carbonyl (C=O) groups excluding carboxylic acids is 1. The van der Waals surface area contributed by atoms with Crippen LogP contribution in [0.3, 0.4) is 0 Å². The third kappa shape index (κ3) is 3.87. The van der Waals surface area contributed by atoms with Crippen LogP contribution in [-0.2, 0) is 29.2 Å². The maximum Gasteiger partial charge on any atom is 0.416 e. The highest BCUT2D eigenvalue weighted by Crippen LogP contribution is 2.66. The third-order valence-electron chi connectivity index (χ3n) is 10.2. The monoisotopic (exact) mass is 578 g/mol. The van der Waals surface area contributed by atoms with E-state index in [1.54, 1.807) is 18.0 Å². The number of rotatable bonds is 5. The fourth-order valence-corrected chi connectivity index (χ4v) is 8.19. The molecule has 2 aliphatic heterocycles. The van der Waals surface area contributed by atoms with Crippen LogP contribution in [0.15, 0.2) is 36.4 Å². The number of likely N-dealkylation sites (N-methyl/N-ethyl adjacent to an activating group) is 1. The summed E-state index contributed by atoms with van der Waals surface area (Å²) in [6.07, 6.45) is -0.396. The first-order valence-corrected chi connectivity index (χ1v) is 13.9. The minimum atomic E-state index is -4.48. The molecule has 10 heteroatoms. The Balaban J connectivity index is 0.00000289. The fourth-order valence-electron chi connectivity index (χ4n) is 8.19. The molecule has 2 aromatic rings. The number of hydrogen-bond acceptors (Lipinski definition) is 5. The van der Waals surface area contributed by atoms with E-state index in [1.165, 1.54) is 25.0 Å². The lowest BCUT2D eigenvalue weighted by molar-refractivity contribution is -0.200. The number of nitrogens with zero attached hydrogens (tertiary/aromatic N) is 2. The van der Waals surface area contributed by atoms with Crippen molar-refractivity contribution in [3.63, 3.8) is 0 Å². The first-order valence-electron chi connectivity index (χ1n) is 13.9. The number of halogens is 4. The maximum absolute atomic E-state index is 13.5. The molecule has 2 heterocycles. The van der Waals surface area contributed by atoms with Crippen LogP contribution in [0.5, 0.6) is 11.5 Å². The number of hydrogen-bond donors (Lipinski definition) is 2. The molecule has 1 spiro atoms. The predicted molar refractivity (Wildman–Crippen MR) is 144 cm³/mol. The van der Waals surface area contributed by atoms with Gasteiger partial charge in [-0.05, 0) is 74.2 Å². The second-order valence-electron chi connectivity index (χ2n) is 12.3. The van der Waals surface area contributed by atoms with Gasteiger partial charge in [0.25, 0.3) is 0 Å². The summed E-state index contributed by atoms with van der Waals surface area (Å²) in [5.74, 6) is 0.834. The van der Waals surface area contributed by atoms with Gasteiger partial charge in [-0.1, -0.05) is 24.3 Å². The molecule has 2 aromatic carbocycles. The zero-order chi connectivity index (χ0) is 27.3. The number of alkyl halides is 3. The van der Waals surface area contributed by atoms with Gasteiger partial charge in [0.05, 0.1) is 29.0 Å². The van der Waals surface area contributed by atoms with E-state index in [0.29, 0.717) is 42.9 Å². The molecule has 2 N–H and O–H groups in total. The van der Waals surface area contributed by atoms with Crippen molar-refractivity contribution in [3.8, 4) is 11.5 Å². The molecule has 40 heavy (non-hydrogen) atoms. The van der Waals surface area contributed by atoms with Gasteiger partial charge in [-0.3, -0.25) is 9.69 Å². The smallest absolute Gasteiger partial charge is 0.416 e. The van der Waals surface area contributed by atoms with Crippen LogP contribution in [0.1, 0.15) is 54.4 Å². The van der Waals surface area contributed by atoms with Crippen molar-refractivity contribution < 1.29 is 32.9 Å². The SMILES string of the molecule is CN(C(=O)Cc1cccc(C(F)(F)F)c1)[C@H]1CC[C@@]2(O)[C@H]3Cc4ccc(O)c5c4[C@@]2(CCN3CC2CC2)[C@H]1O5.Cl. The van der Waals surface area contributed by atoms with E-state index in [1.807, 2.05) is 6.07 Å². The molecular formula is C30H34ClF3N2O4. The van der Waals surface area contributed by atoms with E-state index in [0.717, 1.165) is 36.3 Å². The lowest BCUT2D eigenvalue weighted by Gasteiger charge is -2.64. The van der Waals surface area contributed by atoms with E-state index < -0.39 is 34.9 Å². The Kier molecular flexibility index (Phi) is 6.41. The quantitative estimate of drug-likeness (QED) is 0.548. The number of aliphatic hydroxyl groups is 1. The van der Waals surface area contributed by atoms with Gasteiger partial charge >= 0.3 is 6.18 Å². The fraction of sp³-hybridized carbons (Fsp3) is 0.567. The van der Waals surface area contributed by atoms with Gasteiger partial charge in [0.15, 0.2) is 11.5 Å². The number of carbonyl (C=O) groups is 1. The zero-order valence-electron chi connectivity index (χ0n) is 22.3. The number of likely N-dealkylation sites (tertiary alicyclic amines) is 1. The topological polar surface area (TPSA) is 73.2 Å². The summed E-state index contributed by atoms with van der Waals surface area (Å²) in [7, 11) is 1.68. The van der Waals surface area contributed by atoms with Crippen molar-refractivity contribution in [3.05, 3.63) is 58.7 Å². The minimum Gasteiger partial charge on any atom is -0.504 e. The maximum atomic E-state index is 13.5. The van der Waals surface area contributed by atoms with Crippen LogP contribution in [0.4, 0.5) is 13.2 Å². The highest BCUT2D eigenvalue weighted by Gasteiger charge is 2.73. The van der Waals surface area contributed by atoms with Crippen LogP contribution < -0.4 is 4.74 Å². The first-order chi connectivity index (χ1) is 18.5.